The minimum absolute atomic E-state index is 0.127. The van der Waals surface area contributed by atoms with Crippen molar-refractivity contribution in [3.63, 3.8) is 0 Å². The van der Waals surface area contributed by atoms with Crippen LogP contribution in [0.4, 0.5) is 0 Å². The fraction of sp³-hybridized carbons (Fsp3) is 0.353. The van der Waals surface area contributed by atoms with E-state index in [9.17, 15) is 9.59 Å². The molecule has 1 aliphatic rings. The molecule has 6 heteroatoms. The summed E-state index contributed by atoms with van der Waals surface area (Å²) in [5.41, 5.74) is 2.14. The Morgan fingerprint density at radius 2 is 2.04 bits per heavy atom. The van der Waals surface area contributed by atoms with Gasteiger partial charge in [-0.2, -0.15) is 0 Å². The molecule has 120 valence electrons. The lowest BCUT2D eigenvalue weighted by molar-refractivity contribution is -0.121. The summed E-state index contributed by atoms with van der Waals surface area (Å²) in [4.78, 5) is 28.7. The highest BCUT2D eigenvalue weighted by molar-refractivity contribution is 7.09. The number of carbonyl (C=O) groups excluding carboxylic acids is 2. The van der Waals surface area contributed by atoms with Crippen LogP contribution in [-0.2, 0) is 4.79 Å². The smallest absolute Gasteiger partial charge is 0.251 e. The number of aryl methyl sites for hydroxylation is 1. The molecule has 0 aliphatic carbocycles. The number of rotatable bonds is 3. The summed E-state index contributed by atoms with van der Waals surface area (Å²) in [5.74, 6) is -0.362. The predicted octanol–water partition coefficient (Wildman–Crippen LogP) is 2.37. The summed E-state index contributed by atoms with van der Waals surface area (Å²) < 4.78 is 0. The van der Waals surface area contributed by atoms with Gasteiger partial charge in [-0.05, 0) is 19.1 Å². The van der Waals surface area contributed by atoms with Crippen molar-refractivity contribution < 1.29 is 9.59 Å². The molecule has 1 atom stereocenters. The number of carbonyl (C=O) groups is 2. The number of hydrogen-bond donors (Lipinski definition) is 2. The van der Waals surface area contributed by atoms with E-state index in [0.29, 0.717) is 12.1 Å². The summed E-state index contributed by atoms with van der Waals surface area (Å²) in [6.45, 7) is 6.45. The van der Waals surface area contributed by atoms with Crippen LogP contribution in [0.1, 0.15) is 29.2 Å². The van der Waals surface area contributed by atoms with Crippen LogP contribution in [0.5, 0.6) is 0 Å². The lowest BCUT2D eigenvalue weighted by Crippen LogP contribution is -2.46. The molecule has 0 spiro atoms. The average Bonchev–Trinajstić information content (AvgIpc) is 3.06. The van der Waals surface area contributed by atoms with Gasteiger partial charge in [0.05, 0.1) is 10.7 Å². The van der Waals surface area contributed by atoms with Crippen LogP contribution in [0.2, 0.25) is 0 Å². The lowest BCUT2D eigenvalue weighted by atomic mass is 9.87. The van der Waals surface area contributed by atoms with Crippen LogP contribution in [0.3, 0.4) is 0 Å². The lowest BCUT2D eigenvalue weighted by Gasteiger charge is -2.24. The second-order valence-corrected chi connectivity index (χ2v) is 7.50. The number of nitrogens with zero attached hydrogens (tertiary/aromatic N) is 1. The Labute approximate surface area is 139 Å². The normalized spacial score (nSPS) is 19.4. The third kappa shape index (κ3) is 3.12. The van der Waals surface area contributed by atoms with Crippen molar-refractivity contribution in [1.29, 1.82) is 0 Å². The molecule has 0 radical (unpaired) electrons. The van der Waals surface area contributed by atoms with Gasteiger partial charge in [-0.1, -0.05) is 26.0 Å². The average molecular weight is 329 g/mol. The second kappa shape index (κ2) is 5.77. The maximum atomic E-state index is 12.4. The maximum absolute atomic E-state index is 12.4. The summed E-state index contributed by atoms with van der Waals surface area (Å²) in [6.07, 6.45) is 0. The first-order valence-electron chi connectivity index (χ1n) is 7.48. The standard InChI is InChI=1S/C17H19N3O2S/c1-10-19-13(8-23-10)11-4-6-12(7-5-11)15(21)20-14-16(22)18-9-17(14,2)3/h4-8,14H,9H2,1-3H3,(H,18,22)(H,20,21)/t14-/m0/s1. The molecular formula is C17H19N3O2S. The fourth-order valence-electron chi connectivity index (χ4n) is 2.64. The van der Waals surface area contributed by atoms with Gasteiger partial charge >= 0.3 is 0 Å². The van der Waals surface area contributed by atoms with E-state index in [2.05, 4.69) is 15.6 Å². The van der Waals surface area contributed by atoms with Crippen molar-refractivity contribution in [2.24, 2.45) is 5.41 Å². The minimum Gasteiger partial charge on any atom is -0.354 e. The molecule has 1 fully saturated rings. The van der Waals surface area contributed by atoms with E-state index in [1.165, 1.54) is 0 Å². The van der Waals surface area contributed by atoms with Gasteiger partial charge in [-0.25, -0.2) is 4.98 Å². The summed E-state index contributed by atoms with van der Waals surface area (Å²) in [7, 11) is 0. The molecule has 0 unspecified atom stereocenters. The van der Waals surface area contributed by atoms with Crippen LogP contribution in [0, 0.1) is 12.3 Å². The summed E-state index contributed by atoms with van der Waals surface area (Å²) >= 11 is 1.60. The van der Waals surface area contributed by atoms with Crippen molar-refractivity contribution in [3.8, 4) is 11.3 Å². The number of aromatic nitrogens is 1. The van der Waals surface area contributed by atoms with Gasteiger partial charge in [-0.3, -0.25) is 9.59 Å². The highest BCUT2D eigenvalue weighted by atomic mass is 32.1. The highest BCUT2D eigenvalue weighted by Gasteiger charge is 2.42. The van der Waals surface area contributed by atoms with E-state index in [-0.39, 0.29) is 17.2 Å². The molecule has 2 N–H and O–H groups in total. The SMILES string of the molecule is Cc1nc(-c2ccc(C(=O)N[C@H]3C(=O)NCC3(C)C)cc2)cs1. The van der Waals surface area contributed by atoms with Gasteiger partial charge in [0.25, 0.3) is 5.91 Å². The zero-order valence-corrected chi connectivity index (χ0v) is 14.2. The number of hydrogen-bond acceptors (Lipinski definition) is 4. The van der Waals surface area contributed by atoms with Crippen LogP contribution < -0.4 is 10.6 Å². The van der Waals surface area contributed by atoms with Gasteiger partial charge in [0.15, 0.2) is 0 Å². The Kier molecular flexibility index (Phi) is 3.93. The number of benzene rings is 1. The maximum Gasteiger partial charge on any atom is 0.251 e. The molecule has 1 saturated heterocycles. The third-order valence-corrected chi connectivity index (χ3v) is 4.87. The monoisotopic (exact) mass is 329 g/mol. The van der Waals surface area contributed by atoms with E-state index in [0.717, 1.165) is 16.3 Å². The molecule has 5 nitrogen and oxygen atoms in total. The Hall–Kier alpha value is -2.21. The second-order valence-electron chi connectivity index (χ2n) is 6.44. The molecular weight excluding hydrogens is 310 g/mol. The first kappa shape index (κ1) is 15.7. The van der Waals surface area contributed by atoms with Gasteiger partial charge in [0, 0.05) is 28.5 Å². The Morgan fingerprint density at radius 3 is 2.57 bits per heavy atom. The molecule has 2 aromatic rings. The van der Waals surface area contributed by atoms with Gasteiger partial charge < -0.3 is 10.6 Å². The molecule has 2 heterocycles. The first-order valence-corrected chi connectivity index (χ1v) is 8.36. The van der Waals surface area contributed by atoms with E-state index in [1.54, 1.807) is 23.5 Å². The van der Waals surface area contributed by atoms with Gasteiger partial charge in [-0.15, -0.1) is 11.3 Å². The highest BCUT2D eigenvalue weighted by Crippen LogP contribution is 2.25. The van der Waals surface area contributed by atoms with Crippen molar-refractivity contribution >= 4 is 23.2 Å². The molecule has 0 saturated carbocycles. The van der Waals surface area contributed by atoms with E-state index < -0.39 is 6.04 Å². The number of amides is 2. The quantitative estimate of drug-likeness (QED) is 0.908. The molecule has 23 heavy (non-hydrogen) atoms. The third-order valence-electron chi connectivity index (χ3n) is 4.10. The topological polar surface area (TPSA) is 71.1 Å². The largest absolute Gasteiger partial charge is 0.354 e. The van der Waals surface area contributed by atoms with Crippen LogP contribution >= 0.6 is 11.3 Å². The van der Waals surface area contributed by atoms with Gasteiger partial charge in [0.2, 0.25) is 5.91 Å². The zero-order valence-electron chi connectivity index (χ0n) is 13.3. The molecule has 1 aliphatic heterocycles. The van der Waals surface area contributed by atoms with Gasteiger partial charge in [0.1, 0.15) is 6.04 Å². The summed E-state index contributed by atoms with van der Waals surface area (Å²) in [6, 6.07) is 6.78. The van der Waals surface area contributed by atoms with Crippen molar-refractivity contribution in [2.45, 2.75) is 26.8 Å². The van der Waals surface area contributed by atoms with Crippen LogP contribution in [-0.4, -0.2) is 29.4 Å². The van der Waals surface area contributed by atoms with E-state index in [1.807, 2.05) is 38.3 Å². The fourth-order valence-corrected chi connectivity index (χ4v) is 3.26. The molecule has 3 rings (SSSR count). The predicted molar refractivity (Wildman–Crippen MR) is 90.3 cm³/mol. The van der Waals surface area contributed by atoms with Crippen molar-refractivity contribution in [2.75, 3.05) is 6.54 Å². The Balaban J connectivity index is 1.74. The van der Waals surface area contributed by atoms with Crippen molar-refractivity contribution in [3.05, 3.63) is 40.2 Å². The zero-order chi connectivity index (χ0) is 16.6. The molecule has 1 aromatic carbocycles. The number of nitrogens with one attached hydrogen (secondary N) is 2. The summed E-state index contributed by atoms with van der Waals surface area (Å²) in [5, 5.41) is 8.63. The van der Waals surface area contributed by atoms with E-state index in [4.69, 9.17) is 0 Å². The molecule has 2 amide bonds. The minimum atomic E-state index is -0.504. The van der Waals surface area contributed by atoms with E-state index >= 15 is 0 Å². The molecule has 1 aromatic heterocycles. The Bertz CT molecular complexity index is 749. The Morgan fingerprint density at radius 1 is 1.35 bits per heavy atom. The first-order chi connectivity index (χ1) is 10.9. The van der Waals surface area contributed by atoms with Crippen LogP contribution in [0.15, 0.2) is 29.6 Å². The number of thiazole rings is 1. The van der Waals surface area contributed by atoms with Crippen molar-refractivity contribution in [1.82, 2.24) is 15.6 Å². The van der Waals surface area contributed by atoms with Crippen LogP contribution in [0.25, 0.3) is 11.3 Å². The molecule has 0 bridgehead atoms.